The summed E-state index contributed by atoms with van der Waals surface area (Å²) in [6.45, 7) is -0.204. The Morgan fingerprint density at radius 1 is 1.62 bits per heavy atom. The maximum atomic E-state index is 11.9. The van der Waals surface area contributed by atoms with Gasteiger partial charge < -0.3 is 10.8 Å². The van der Waals surface area contributed by atoms with Crippen molar-refractivity contribution in [2.75, 3.05) is 12.3 Å². The van der Waals surface area contributed by atoms with Crippen molar-refractivity contribution in [1.82, 2.24) is 14.9 Å². The normalized spacial score (nSPS) is 19.3. The SMILES string of the molecule is Nc1[nH]ncc1S(=O)(=O)NC1(CO)CCC1. The number of H-pyrrole nitrogens is 1. The van der Waals surface area contributed by atoms with Crippen molar-refractivity contribution in [3.8, 4) is 0 Å². The fourth-order valence-electron chi connectivity index (χ4n) is 1.74. The number of nitrogens with one attached hydrogen (secondary N) is 2. The van der Waals surface area contributed by atoms with Gasteiger partial charge in [0.15, 0.2) is 0 Å². The van der Waals surface area contributed by atoms with E-state index in [1.54, 1.807) is 0 Å². The summed E-state index contributed by atoms with van der Waals surface area (Å²) in [4.78, 5) is -0.0766. The van der Waals surface area contributed by atoms with Gasteiger partial charge in [-0.1, -0.05) is 0 Å². The van der Waals surface area contributed by atoms with Gasteiger partial charge in [-0.15, -0.1) is 0 Å². The average Bonchev–Trinajstić information content (AvgIpc) is 2.59. The molecule has 0 aliphatic heterocycles. The zero-order valence-corrected chi connectivity index (χ0v) is 9.42. The molecule has 1 aromatic rings. The predicted octanol–water partition coefficient (Wildman–Crippen LogP) is -0.815. The number of nitrogens with zero attached hydrogens (tertiary/aromatic N) is 1. The molecule has 2 rings (SSSR count). The van der Waals surface area contributed by atoms with Gasteiger partial charge in [-0.3, -0.25) is 5.10 Å². The average molecular weight is 246 g/mol. The Hall–Kier alpha value is -1.12. The second-order valence-corrected chi connectivity index (χ2v) is 5.70. The molecule has 1 fully saturated rings. The van der Waals surface area contributed by atoms with Crippen LogP contribution in [0.15, 0.2) is 11.1 Å². The summed E-state index contributed by atoms with van der Waals surface area (Å²) >= 11 is 0. The van der Waals surface area contributed by atoms with Crippen LogP contribution in [-0.4, -0.2) is 35.9 Å². The van der Waals surface area contributed by atoms with Crippen LogP contribution in [0, 0.1) is 0 Å². The Kier molecular flexibility index (Phi) is 2.64. The second-order valence-electron chi connectivity index (χ2n) is 4.05. The molecule has 0 radical (unpaired) electrons. The molecule has 0 aromatic carbocycles. The number of aromatic nitrogens is 2. The summed E-state index contributed by atoms with van der Waals surface area (Å²) in [5.41, 5.74) is 4.73. The molecule has 1 heterocycles. The van der Waals surface area contributed by atoms with E-state index in [0.29, 0.717) is 12.8 Å². The van der Waals surface area contributed by atoms with E-state index in [-0.39, 0.29) is 17.3 Å². The van der Waals surface area contributed by atoms with Gasteiger partial charge in [0.05, 0.1) is 18.3 Å². The van der Waals surface area contributed by atoms with Crippen LogP contribution in [0.1, 0.15) is 19.3 Å². The number of hydrogen-bond donors (Lipinski definition) is 4. The zero-order chi connectivity index (χ0) is 11.8. The number of sulfonamides is 1. The molecule has 1 aliphatic rings. The van der Waals surface area contributed by atoms with Gasteiger partial charge in [-0.25, -0.2) is 13.1 Å². The number of nitrogen functional groups attached to an aromatic ring is 1. The topological polar surface area (TPSA) is 121 Å². The summed E-state index contributed by atoms with van der Waals surface area (Å²) in [7, 11) is -3.71. The first-order valence-electron chi connectivity index (χ1n) is 4.93. The van der Waals surface area contributed by atoms with E-state index in [0.717, 1.165) is 12.6 Å². The van der Waals surface area contributed by atoms with Gasteiger partial charge in [-0.05, 0) is 19.3 Å². The highest BCUT2D eigenvalue weighted by atomic mass is 32.2. The lowest BCUT2D eigenvalue weighted by molar-refractivity contribution is 0.110. The molecule has 0 saturated heterocycles. The summed E-state index contributed by atoms with van der Waals surface area (Å²) < 4.78 is 26.3. The zero-order valence-electron chi connectivity index (χ0n) is 8.60. The molecule has 0 bridgehead atoms. The molecular formula is C8H14N4O3S. The van der Waals surface area contributed by atoms with Crippen LogP contribution in [0.4, 0.5) is 5.82 Å². The minimum Gasteiger partial charge on any atom is -0.394 e. The fourth-order valence-corrected chi connectivity index (χ4v) is 3.21. The number of aliphatic hydroxyl groups is 1. The number of nitrogens with two attached hydrogens (primary N) is 1. The Morgan fingerprint density at radius 2 is 2.31 bits per heavy atom. The summed E-state index contributed by atoms with van der Waals surface area (Å²) in [6.07, 6.45) is 3.34. The summed E-state index contributed by atoms with van der Waals surface area (Å²) in [5.74, 6) is -0.0000803. The van der Waals surface area contributed by atoms with Crippen molar-refractivity contribution in [2.45, 2.75) is 29.7 Å². The monoisotopic (exact) mass is 246 g/mol. The van der Waals surface area contributed by atoms with Crippen LogP contribution < -0.4 is 10.5 Å². The molecular weight excluding hydrogens is 232 g/mol. The number of rotatable bonds is 4. The molecule has 8 heteroatoms. The standard InChI is InChI=1S/C8H14N4O3S/c9-7-6(4-10-11-7)16(14,15)12-8(5-13)2-1-3-8/h4,12-13H,1-3,5H2,(H3,9,10,11). The molecule has 0 spiro atoms. The minimum absolute atomic E-state index is 0.0000803. The first-order chi connectivity index (χ1) is 7.49. The maximum Gasteiger partial charge on any atom is 0.246 e. The molecule has 1 aromatic heterocycles. The van der Waals surface area contributed by atoms with E-state index >= 15 is 0 Å². The molecule has 1 saturated carbocycles. The molecule has 16 heavy (non-hydrogen) atoms. The molecule has 7 nitrogen and oxygen atoms in total. The van der Waals surface area contributed by atoms with E-state index < -0.39 is 15.6 Å². The highest BCUT2D eigenvalue weighted by Crippen LogP contribution is 2.33. The Balaban J connectivity index is 2.24. The molecule has 0 amide bonds. The number of aromatic amines is 1. The smallest absolute Gasteiger partial charge is 0.246 e. The molecule has 1 aliphatic carbocycles. The molecule has 0 unspecified atom stereocenters. The molecule has 5 N–H and O–H groups in total. The quantitative estimate of drug-likeness (QED) is 0.553. The summed E-state index contributed by atoms with van der Waals surface area (Å²) in [5, 5.41) is 15.1. The Bertz CT molecular complexity index is 472. The van der Waals surface area contributed by atoms with Crippen molar-refractivity contribution in [3.05, 3.63) is 6.20 Å². The van der Waals surface area contributed by atoms with Crippen molar-refractivity contribution < 1.29 is 13.5 Å². The minimum atomic E-state index is -3.71. The predicted molar refractivity (Wildman–Crippen MR) is 57.0 cm³/mol. The van der Waals surface area contributed by atoms with Gasteiger partial charge in [0.2, 0.25) is 10.0 Å². The van der Waals surface area contributed by atoms with E-state index in [9.17, 15) is 13.5 Å². The van der Waals surface area contributed by atoms with Gasteiger partial charge in [0.25, 0.3) is 0 Å². The van der Waals surface area contributed by atoms with Crippen molar-refractivity contribution in [1.29, 1.82) is 0 Å². The largest absolute Gasteiger partial charge is 0.394 e. The van der Waals surface area contributed by atoms with Crippen molar-refractivity contribution >= 4 is 15.8 Å². The Morgan fingerprint density at radius 3 is 2.69 bits per heavy atom. The summed E-state index contributed by atoms with van der Waals surface area (Å²) in [6, 6.07) is 0. The second kappa shape index (κ2) is 3.72. The molecule has 90 valence electrons. The van der Waals surface area contributed by atoms with E-state index in [1.165, 1.54) is 0 Å². The fraction of sp³-hybridized carbons (Fsp3) is 0.625. The van der Waals surface area contributed by atoms with Gasteiger partial charge in [-0.2, -0.15) is 5.10 Å². The third kappa shape index (κ3) is 1.79. The van der Waals surface area contributed by atoms with Crippen molar-refractivity contribution in [3.63, 3.8) is 0 Å². The van der Waals surface area contributed by atoms with Crippen molar-refractivity contribution in [2.24, 2.45) is 0 Å². The van der Waals surface area contributed by atoms with E-state index in [4.69, 9.17) is 5.73 Å². The lowest BCUT2D eigenvalue weighted by Crippen LogP contribution is -2.55. The van der Waals surface area contributed by atoms with Crippen LogP contribution >= 0.6 is 0 Å². The first-order valence-corrected chi connectivity index (χ1v) is 6.41. The number of hydrogen-bond acceptors (Lipinski definition) is 5. The molecule has 0 atom stereocenters. The van der Waals surface area contributed by atoms with Gasteiger partial charge in [0.1, 0.15) is 10.7 Å². The van der Waals surface area contributed by atoms with Crippen LogP contribution in [-0.2, 0) is 10.0 Å². The highest BCUT2D eigenvalue weighted by Gasteiger charge is 2.40. The Labute approximate surface area is 93.1 Å². The van der Waals surface area contributed by atoms with E-state index in [1.807, 2.05) is 0 Å². The third-order valence-electron chi connectivity index (χ3n) is 2.89. The lowest BCUT2D eigenvalue weighted by Gasteiger charge is -2.40. The van der Waals surface area contributed by atoms with Crippen LogP contribution in [0.5, 0.6) is 0 Å². The number of anilines is 1. The van der Waals surface area contributed by atoms with Gasteiger partial charge in [0, 0.05) is 0 Å². The van der Waals surface area contributed by atoms with Gasteiger partial charge >= 0.3 is 0 Å². The maximum absolute atomic E-state index is 11.9. The van der Waals surface area contributed by atoms with Crippen LogP contribution in [0.3, 0.4) is 0 Å². The highest BCUT2D eigenvalue weighted by molar-refractivity contribution is 7.89. The van der Waals surface area contributed by atoms with E-state index in [2.05, 4.69) is 14.9 Å². The number of aliphatic hydroxyl groups excluding tert-OH is 1. The lowest BCUT2D eigenvalue weighted by atomic mass is 9.78. The van der Waals surface area contributed by atoms with Crippen LogP contribution in [0.2, 0.25) is 0 Å². The third-order valence-corrected chi connectivity index (χ3v) is 4.49. The first kappa shape index (κ1) is 11.4. The van der Waals surface area contributed by atoms with Crippen LogP contribution in [0.25, 0.3) is 0 Å².